The van der Waals surface area contributed by atoms with Crippen LogP contribution in [0.4, 0.5) is 17.8 Å². The van der Waals surface area contributed by atoms with E-state index in [-0.39, 0.29) is 0 Å². The van der Waals surface area contributed by atoms with Crippen LogP contribution in [-0.4, -0.2) is 41.1 Å². The van der Waals surface area contributed by atoms with Gasteiger partial charge in [0.2, 0.25) is 17.8 Å². The fourth-order valence-electron chi connectivity index (χ4n) is 3.30. The zero-order chi connectivity index (χ0) is 14.7. The predicted octanol–water partition coefficient (Wildman–Crippen LogP) is 2.50. The Balaban J connectivity index is 1.75. The zero-order valence-electron chi connectivity index (χ0n) is 13.1. The molecule has 2 atom stereocenters. The first-order chi connectivity index (χ1) is 10.2. The molecule has 1 aromatic heterocycles. The minimum absolute atomic E-state index is 0.501. The summed E-state index contributed by atoms with van der Waals surface area (Å²) < 4.78 is 0. The molecule has 1 aliphatic carbocycles. The Bertz CT molecular complexity index is 471. The minimum Gasteiger partial charge on any atom is -0.357 e. The third-order valence-corrected chi connectivity index (χ3v) is 4.51. The highest BCUT2D eigenvalue weighted by atomic mass is 15.3. The van der Waals surface area contributed by atoms with E-state index in [2.05, 4.69) is 37.4 Å². The maximum absolute atomic E-state index is 4.65. The van der Waals surface area contributed by atoms with Crippen molar-refractivity contribution in [2.24, 2.45) is 5.92 Å². The van der Waals surface area contributed by atoms with E-state index in [1.165, 1.54) is 38.5 Å². The molecule has 116 valence electrons. The third kappa shape index (κ3) is 3.54. The van der Waals surface area contributed by atoms with E-state index in [1.54, 1.807) is 0 Å². The third-order valence-electron chi connectivity index (χ3n) is 4.51. The van der Waals surface area contributed by atoms with Crippen LogP contribution in [0.25, 0.3) is 0 Å². The number of anilines is 3. The van der Waals surface area contributed by atoms with Crippen molar-refractivity contribution in [3.63, 3.8) is 0 Å². The smallest absolute Gasteiger partial charge is 0.231 e. The van der Waals surface area contributed by atoms with Gasteiger partial charge in [0.1, 0.15) is 0 Å². The van der Waals surface area contributed by atoms with Crippen molar-refractivity contribution in [1.29, 1.82) is 0 Å². The molecule has 0 radical (unpaired) electrons. The monoisotopic (exact) mass is 290 g/mol. The molecule has 1 aliphatic heterocycles. The summed E-state index contributed by atoms with van der Waals surface area (Å²) in [6, 6.07) is 0.501. The fraction of sp³-hybridized carbons (Fsp3) is 0.800. The molecule has 1 aromatic rings. The summed E-state index contributed by atoms with van der Waals surface area (Å²) in [6.07, 6.45) is 7.47. The van der Waals surface area contributed by atoms with E-state index in [4.69, 9.17) is 0 Å². The van der Waals surface area contributed by atoms with E-state index in [0.717, 1.165) is 25.0 Å². The molecule has 3 rings (SSSR count). The van der Waals surface area contributed by atoms with Crippen LogP contribution in [0.15, 0.2) is 0 Å². The van der Waals surface area contributed by atoms with Crippen LogP contribution in [-0.2, 0) is 0 Å². The second-order valence-corrected chi connectivity index (χ2v) is 6.34. The van der Waals surface area contributed by atoms with Gasteiger partial charge in [0.05, 0.1) is 0 Å². The van der Waals surface area contributed by atoms with Crippen molar-refractivity contribution >= 4 is 17.8 Å². The molecule has 0 bridgehead atoms. The summed E-state index contributed by atoms with van der Waals surface area (Å²) in [4.78, 5) is 15.9. The van der Waals surface area contributed by atoms with Gasteiger partial charge in [-0.2, -0.15) is 15.0 Å². The molecule has 2 unspecified atom stereocenters. The predicted molar refractivity (Wildman–Crippen MR) is 85.9 cm³/mol. The molecule has 21 heavy (non-hydrogen) atoms. The quantitative estimate of drug-likeness (QED) is 0.888. The lowest BCUT2D eigenvalue weighted by atomic mass is 10.1. The van der Waals surface area contributed by atoms with Crippen LogP contribution in [0, 0.1) is 5.92 Å². The van der Waals surface area contributed by atoms with Crippen molar-refractivity contribution in [3.05, 3.63) is 0 Å². The maximum Gasteiger partial charge on any atom is 0.231 e. The van der Waals surface area contributed by atoms with Gasteiger partial charge in [0.25, 0.3) is 0 Å². The van der Waals surface area contributed by atoms with Crippen LogP contribution < -0.4 is 15.5 Å². The first-order valence-electron chi connectivity index (χ1n) is 8.20. The number of hydrogen-bond donors (Lipinski definition) is 2. The molecule has 1 saturated carbocycles. The van der Waals surface area contributed by atoms with Gasteiger partial charge in [-0.05, 0) is 44.4 Å². The molecule has 2 N–H and O–H groups in total. The average molecular weight is 290 g/mol. The Morgan fingerprint density at radius 2 is 1.76 bits per heavy atom. The van der Waals surface area contributed by atoms with Gasteiger partial charge in [-0.3, -0.25) is 0 Å². The van der Waals surface area contributed by atoms with E-state index >= 15 is 0 Å². The Kier molecular flexibility index (Phi) is 4.41. The second-order valence-electron chi connectivity index (χ2n) is 6.34. The lowest BCUT2D eigenvalue weighted by Gasteiger charge is -2.27. The molecule has 1 saturated heterocycles. The van der Waals surface area contributed by atoms with Crippen molar-refractivity contribution in [1.82, 2.24) is 15.0 Å². The molecule has 2 fully saturated rings. The SMILES string of the molecule is CNc1nc(NC2CCC(C)C2)nc(N2CCCCC2)n1. The highest BCUT2D eigenvalue weighted by Crippen LogP contribution is 2.27. The van der Waals surface area contributed by atoms with Gasteiger partial charge in [-0.15, -0.1) is 0 Å². The Labute approximate surface area is 126 Å². The van der Waals surface area contributed by atoms with E-state index < -0.39 is 0 Å². The fourth-order valence-corrected chi connectivity index (χ4v) is 3.30. The molecule has 0 amide bonds. The first kappa shape index (κ1) is 14.4. The van der Waals surface area contributed by atoms with Gasteiger partial charge in [-0.25, -0.2) is 0 Å². The topological polar surface area (TPSA) is 66.0 Å². The molecule has 0 aromatic carbocycles. The summed E-state index contributed by atoms with van der Waals surface area (Å²) in [5.41, 5.74) is 0. The van der Waals surface area contributed by atoms with Crippen LogP contribution in [0.2, 0.25) is 0 Å². The minimum atomic E-state index is 0.501. The van der Waals surface area contributed by atoms with E-state index in [0.29, 0.717) is 17.9 Å². The van der Waals surface area contributed by atoms with E-state index in [1.807, 2.05) is 7.05 Å². The first-order valence-corrected chi connectivity index (χ1v) is 8.20. The molecule has 6 heteroatoms. The van der Waals surface area contributed by atoms with Crippen molar-refractivity contribution < 1.29 is 0 Å². The lowest BCUT2D eigenvalue weighted by molar-refractivity contribution is 0.567. The molecular formula is C15H26N6. The number of hydrogen-bond acceptors (Lipinski definition) is 6. The maximum atomic E-state index is 4.65. The lowest BCUT2D eigenvalue weighted by Crippen LogP contribution is -2.31. The van der Waals surface area contributed by atoms with Crippen LogP contribution >= 0.6 is 0 Å². The molecule has 2 aliphatic rings. The highest BCUT2D eigenvalue weighted by Gasteiger charge is 2.23. The summed E-state index contributed by atoms with van der Waals surface area (Å²) in [5.74, 6) is 2.98. The van der Waals surface area contributed by atoms with Gasteiger partial charge in [0.15, 0.2) is 0 Å². The number of piperidine rings is 1. The Morgan fingerprint density at radius 3 is 2.43 bits per heavy atom. The highest BCUT2D eigenvalue weighted by molar-refractivity contribution is 5.44. The van der Waals surface area contributed by atoms with Crippen LogP contribution in [0.3, 0.4) is 0 Å². The van der Waals surface area contributed by atoms with Crippen LogP contribution in [0.1, 0.15) is 45.4 Å². The van der Waals surface area contributed by atoms with Gasteiger partial charge < -0.3 is 15.5 Å². The zero-order valence-corrected chi connectivity index (χ0v) is 13.1. The second kappa shape index (κ2) is 6.45. The van der Waals surface area contributed by atoms with Gasteiger partial charge in [0, 0.05) is 26.2 Å². The molecule has 2 heterocycles. The standard InChI is InChI=1S/C15H26N6/c1-11-6-7-12(10-11)17-14-18-13(16-2)19-15(20-14)21-8-4-3-5-9-21/h11-12H,3-10H2,1-2H3,(H2,16,17,18,19,20). The van der Waals surface area contributed by atoms with Crippen molar-refractivity contribution in [3.8, 4) is 0 Å². The summed E-state index contributed by atoms with van der Waals surface area (Å²) in [6.45, 7) is 4.41. The number of aromatic nitrogens is 3. The summed E-state index contributed by atoms with van der Waals surface area (Å²) in [7, 11) is 1.86. The summed E-state index contributed by atoms with van der Waals surface area (Å²) in [5, 5.41) is 6.55. The van der Waals surface area contributed by atoms with Crippen LogP contribution in [0.5, 0.6) is 0 Å². The molecule has 0 spiro atoms. The van der Waals surface area contributed by atoms with Crippen molar-refractivity contribution in [2.75, 3.05) is 35.7 Å². The number of nitrogens with one attached hydrogen (secondary N) is 2. The number of nitrogens with zero attached hydrogens (tertiary/aromatic N) is 4. The van der Waals surface area contributed by atoms with Gasteiger partial charge >= 0.3 is 0 Å². The normalized spacial score (nSPS) is 25.9. The van der Waals surface area contributed by atoms with Crippen molar-refractivity contribution in [2.45, 2.75) is 51.5 Å². The largest absolute Gasteiger partial charge is 0.357 e. The number of rotatable bonds is 4. The Morgan fingerprint density at radius 1 is 1.00 bits per heavy atom. The molecule has 6 nitrogen and oxygen atoms in total. The summed E-state index contributed by atoms with van der Waals surface area (Å²) >= 11 is 0. The average Bonchev–Trinajstić information content (AvgIpc) is 2.93. The Hall–Kier alpha value is -1.59. The molecular weight excluding hydrogens is 264 g/mol. The van der Waals surface area contributed by atoms with E-state index in [9.17, 15) is 0 Å². The van der Waals surface area contributed by atoms with Gasteiger partial charge in [-0.1, -0.05) is 6.92 Å².